The van der Waals surface area contributed by atoms with E-state index in [-0.39, 0.29) is 30.1 Å². The first kappa shape index (κ1) is 22.3. The van der Waals surface area contributed by atoms with Gasteiger partial charge in [-0.3, -0.25) is 4.79 Å². The summed E-state index contributed by atoms with van der Waals surface area (Å²) in [5, 5.41) is 0. The predicted molar refractivity (Wildman–Crippen MR) is 106 cm³/mol. The maximum atomic E-state index is 13.0. The van der Waals surface area contributed by atoms with Crippen LogP contribution in [-0.4, -0.2) is 65.3 Å². The maximum Gasteiger partial charge on any atom is 0.255 e. The van der Waals surface area contributed by atoms with E-state index >= 15 is 0 Å². The van der Waals surface area contributed by atoms with Gasteiger partial charge >= 0.3 is 0 Å². The molecule has 1 amide bonds. The third-order valence-electron chi connectivity index (χ3n) is 4.30. The largest absolute Gasteiger partial charge is 0.383 e. The van der Waals surface area contributed by atoms with E-state index in [1.807, 2.05) is 0 Å². The van der Waals surface area contributed by atoms with Crippen molar-refractivity contribution in [3.8, 4) is 0 Å². The summed E-state index contributed by atoms with van der Waals surface area (Å²) in [6.07, 6.45) is 2.77. The van der Waals surface area contributed by atoms with E-state index in [4.69, 9.17) is 9.47 Å². The molecule has 2 rings (SSSR count). The third kappa shape index (κ3) is 6.25. The first-order valence-electron chi connectivity index (χ1n) is 9.08. The van der Waals surface area contributed by atoms with Gasteiger partial charge in [0.25, 0.3) is 5.91 Å². The van der Waals surface area contributed by atoms with Crippen molar-refractivity contribution in [2.75, 3.05) is 40.0 Å². The highest BCUT2D eigenvalue weighted by molar-refractivity contribution is 9.10. The monoisotopic (exact) mass is 462 g/mol. The average Bonchev–Trinajstić information content (AvgIpc) is 2.66. The minimum Gasteiger partial charge on any atom is -0.383 e. The second kappa shape index (κ2) is 10.5. The number of methoxy groups -OCH3 is 1. The Kier molecular flexibility index (Phi) is 8.68. The van der Waals surface area contributed by atoms with Crippen molar-refractivity contribution in [3.05, 3.63) is 28.2 Å². The molecule has 7 nitrogen and oxygen atoms in total. The van der Waals surface area contributed by atoms with Crippen LogP contribution < -0.4 is 4.72 Å². The quantitative estimate of drug-likeness (QED) is 0.569. The van der Waals surface area contributed by atoms with Gasteiger partial charge in [0.15, 0.2) is 0 Å². The molecule has 0 aliphatic carbocycles. The van der Waals surface area contributed by atoms with Gasteiger partial charge in [-0.1, -0.05) is 6.92 Å². The zero-order valence-electron chi connectivity index (χ0n) is 15.7. The van der Waals surface area contributed by atoms with E-state index in [1.165, 1.54) is 19.2 Å². The molecular weight excluding hydrogens is 436 g/mol. The van der Waals surface area contributed by atoms with Crippen LogP contribution in [0, 0.1) is 0 Å². The summed E-state index contributed by atoms with van der Waals surface area (Å²) in [5.74, 6) is -0.194. The summed E-state index contributed by atoms with van der Waals surface area (Å²) in [6, 6.07) is 4.48. The summed E-state index contributed by atoms with van der Waals surface area (Å²) in [5.41, 5.74) is 0.334. The first-order chi connectivity index (χ1) is 12.9. The minimum absolute atomic E-state index is 0.0315. The lowest BCUT2D eigenvalue weighted by Gasteiger charge is -2.33. The van der Waals surface area contributed by atoms with Gasteiger partial charge in [0.05, 0.1) is 23.2 Å². The molecule has 1 aromatic rings. The molecule has 1 aromatic carbocycles. The second-order valence-electron chi connectivity index (χ2n) is 6.42. The number of nitrogens with zero attached hydrogens (tertiary/aromatic N) is 1. The number of carbonyl (C=O) groups excluding carboxylic acids is 1. The Bertz CT molecular complexity index is 741. The van der Waals surface area contributed by atoms with Crippen LogP contribution in [-0.2, 0) is 19.5 Å². The average molecular weight is 463 g/mol. The highest BCUT2D eigenvalue weighted by Crippen LogP contribution is 2.24. The van der Waals surface area contributed by atoms with E-state index in [9.17, 15) is 13.2 Å². The standard InChI is InChI=1S/C18H27BrN2O5S/c1-3-10-26-14-5-4-9-21(13-14)18(22)16-12-15(6-7-17(16)19)27(23,24)20-8-11-25-2/h6-7,12,14,20H,3-5,8-11,13H2,1-2H3. The fourth-order valence-electron chi connectivity index (χ4n) is 2.91. The summed E-state index contributed by atoms with van der Waals surface area (Å²) < 4.78 is 38.5. The van der Waals surface area contributed by atoms with Crippen molar-refractivity contribution in [2.24, 2.45) is 0 Å². The number of benzene rings is 1. The molecule has 27 heavy (non-hydrogen) atoms. The molecule has 1 atom stereocenters. The Labute approximate surface area is 169 Å². The lowest BCUT2D eigenvalue weighted by Crippen LogP contribution is -2.43. The number of nitrogens with one attached hydrogen (secondary N) is 1. The van der Waals surface area contributed by atoms with Crippen LogP contribution in [0.25, 0.3) is 0 Å². The minimum atomic E-state index is -3.71. The van der Waals surface area contributed by atoms with Crippen molar-refractivity contribution < 1.29 is 22.7 Å². The van der Waals surface area contributed by atoms with Crippen LogP contribution in [0.4, 0.5) is 0 Å². The first-order valence-corrected chi connectivity index (χ1v) is 11.4. The molecule has 1 fully saturated rings. The molecule has 1 aliphatic rings. The fourth-order valence-corrected chi connectivity index (χ4v) is 4.37. The zero-order chi connectivity index (χ0) is 19.9. The van der Waals surface area contributed by atoms with Crippen LogP contribution in [0.2, 0.25) is 0 Å². The van der Waals surface area contributed by atoms with Crippen molar-refractivity contribution in [1.82, 2.24) is 9.62 Å². The molecule has 1 unspecified atom stereocenters. The second-order valence-corrected chi connectivity index (χ2v) is 9.04. The zero-order valence-corrected chi connectivity index (χ0v) is 18.1. The van der Waals surface area contributed by atoms with Crippen LogP contribution in [0.1, 0.15) is 36.5 Å². The van der Waals surface area contributed by atoms with Crippen molar-refractivity contribution in [2.45, 2.75) is 37.2 Å². The number of likely N-dealkylation sites (tertiary alicyclic amines) is 1. The van der Waals surface area contributed by atoms with E-state index < -0.39 is 10.0 Å². The molecule has 0 saturated carbocycles. The van der Waals surface area contributed by atoms with E-state index in [0.29, 0.717) is 29.7 Å². The molecule has 9 heteroatoms. The van der Waals surface area contributed by atoms with Crippen molar-refractivity contribution >= 4 is 31.9 Å². The SMILES string of the molecule is CCCOC1CCCN(C(=O)c2cc(S(=O)(=O)NCCOC)ccc2Br)C1. The van der Waals surface area contributed by atoms with Crippen LogP contribution in [0.15, 0.2) is 27.6 Å². The molecule has 152 valence electrons. The Morgan fingerprint density at radius 1 is 1.37 bits per heavy atom. The summed E-state index contributed by atoms with van der Waals surface area (Å²) in [4.78, 5) is 14.8. The van der Waals surface area contributed by atoms with Crippen LogP contribution in [0.3, 0.4) is 0 Å². The number of rotatable bonds is 9. The number of sulfonamides is 1. The van der Waals surface area contributed by atoms with Crippen LogP contribution >= 0.6 is 15.9 Å². The Morgan fingerprint density at radius 3 is 2.85 bits per heavy atom. The van der Waals surface area contributed by atoms with Gasteiger partial charge < -0.3 is 14.4 Å². The van der Waals surface area contributed by atoms with Gasteiger partial charge in [-0.15, -0.1) is 0 Å². The molecule has 1 saturated heterocycles. The molecular formula is C18H27BrN2O5S. The molecule has 1 aliphatic heterocycles. The number of hydrogen-bond donors (Lipinski definition) is 1. The number of piperidine rings is 1. The van der Waals surface area contributed by atoms with E-state index in [2.05, 4.69) is 27.6 Å². The lowest BCUT2D eigenvalue weighted by atomic mass is 10.1. The Balaban J connectivity index is 2.16. The normalized spacial score (nSPS) is 17.9. The third-order valence-corrected chi connectivity index (χ3v) is 6.45. The predicted octanol–water partition coefficient (Wildman–Crippen LogP) is 2.41. The van der Waals surface area contributed by atoms with Gasteiger partial charge in [0.1, 0.15) is 0 Å². The van der Waals surface area contributed by atoms with Gasteiger partial charge in [-0.2, -0.15) is 0 Å². The highest BCUT2D eigenvalue weighted by atomic mass is 79.9. The van der Waals surface area contributed by atoms with Gasteiger partial charge in [-0.05, 0) is 53.4 Å². The smallest absolute Gasteiger partial charge is 0.255 e. The van der Waals surface area contributed by atoms with Gasteiger partial charge in [-0.25, -0.2) is 13.1 Å². The summed E-state index contributed by atoms with van der Waals surface area (Å²) in [6.45, 7) is 4.33. The summed E-state index contributed by atoms with van der Waals surface area (Å²) >= 11 is 3.37. The topological polar surface area (TPSA) is 84.9 Å². The van der Waals surface area contributed by atoms with Crippen molar-refractivity contribution in [1.29, 1.82) is 0 Å². The Morgan fingerprint density at radius 2 is 2.15 bits per heavy atom. The number of amides is 1. The van der Waals surface area contributed by atoms with Gasteiger partial charge in [0.2, 0.25) is 10.0 Å². The number of hydrogen-bond acceptors (Lipinski definition) is 5. The number of ether oxygens (including phenoxy) is 2. The number of halogens is 1. The van der Waals surface area contributed by atoms with E-state index in [1.54, 1.807) is 11.0 Å². The fraction of sp³-hybridized carbons (Fsp3) is 0.611. The van der Waals surface area contributed by atoms with Crippen LogP contribution in [0.5, 0.6) is 0 Å². The molecule has 0 bridgehead atoms. The Hall–Kier alpha value is -1.00. The highest BCUT2D eigenvalue weighted by Gasteiger charge is 2.27. The maximum absolute atomic E-state index is 13.0. The molecule has 0 spiro atoms. The van der Waals surface area contributed by atoms with Crippen molar-refractivity contribution in [3.63, 3.8) is 0 Å². The molecule has 1 heterocycles. The molecule has 0 radical (unpaired) electrons. The number of carbonyl (C=O) groups is 1. The molecule has 1 N–H and O–H groups in total. The summed E-state index contributed by atoms with van der Waals surface area (Å²) in [7, 11) is -2.20. The molecule has 0 aromatic heterocycles. The lowest BCUT2D eigenvalue weighted by molar-refractivity contribution is 0.00207. The van der Waals surface area contributed by atoms with Gasteiger partial charge in [0, 0.05) is 37.8 Å². The van der Waals surface area contributed by atoms with E-state index in [0.717, 1.165) is 19.3 Å².